The third-order valence-electron chi connectivity index (χ3n) is 10.9. The molecular formula is C49H35NO. The van der Waals surface area contributed by atoms with Gasteiger partial charge in [-0.25, -0.2) is 0 Å². The van der Waals surface area contributed by atoms with Crippen LogP contribution in [0.15, 0.2) is 180 Å². The van der Waals surface area contributed by atoms with E-state index in [1.54, 1.807) is 0 Å². The maximum Gasteiger partial charge on any atom is 0.135 e. The second-order valence-corrected chi connectivity index (χ2v) is 14.1. The summed E-state index contributed by atoms with van der Waals surface area (Å²) >= 11 is 0. The van der Waals surface area contributed by atoms with Crippen LogP contribution < -0.4 is 4.90 Å². The number of rotatable bonds is 5. The Morgan fingerprint density at radius 3 is 1.94 bits per heavy atom. The van der Waals surface area contributed by atoms with Gasteiger partial charge in [0, 0.05) is 33.1 Å². The maximum absolute atomic E-state index is 6.27. The summed E-state index contributed by atoms with van der Waals surface area (Å²) in [5.41, 5.74) is 15.2. The van der Waals surface area contributed by atoms with Gasteiger partial charge in [-0.05, 0) is 98.2 Å². The van der Waals surface area contributed by atoms with Crippen LogP contribution in [0.4, 0.5) is 17.1 Å². The molecular weight excluding hydrogens is 619 g/mol. The van der Waals surface area contributed by atoms with E-state index in [0.29, 0.717) is 0 Å². The van der Waals surface area contributed by atoms with Crippen molar-refractivity contribution in [3.63, 3.8) is 0 Å². The van der Waals surface area contributed by atoms with Gasteiger partial charge in [0.1, 0.15) is 11.2 Å². The Morgan fingerprint density at radius 2 is 1.08 bits per heavy atom. The number of anilines is 3. The van der Waals surface area contributed by atoms with Gasteiger partial charge in [0.25, 0.3) is 0 Å². The molecule has 1 aliphatic carbocycles. The highest BCUT2D eigenvalue weighted by Crippen LogP contribution is 2.52. The first kappa shape index (κ1) is 29.5. The molecule has 242 valence electrons. The number of benzene rings is 8. The second-order valence-electron chi connectivity index (χ2n) is 14.1. The highest BCUT2D eigenvalue weighted by atomic mass is 16.3. The normalized spacial score (nSPS) is 13.1. The van der Waals surface area contributed by atoms with E-state index < -0.39 is 0 Å². The van der Waals surface area contributed by atoms with Gasteiger partial charge in [-0.3, -0.25) is 0 Å². The summed E-state index contributed by atoms with van der Waals surface area (Å²) in [6.45, 7) is 4.71. The van der Waals surface area contributed by atoms with Gasteiger partial charge in [0.05, 0.1) is 5.69 Å². The third kappa shape index (κ3) is 4.64. The summed E-state index contributed by atoms with van der Waals surface area (Å²) in [5, 5.41) is 4.67. The molecule has 0 radical (unpaired) electrons. The largest absolute Gasteiger partial charge is 0.456 e. The number of fused-ring (bicyclic) bond motifs is 7. The lowest BCUT2D eigenvalue weighted by atomic mass is 9.82. The number of hydrogen-bond acceptors (Lipinski definition) is 2. The molecule has 0 unspecified atom stereocenters. The summed E-state index contributed by atoms with van der Waals surface area (Å²) in [4.78, 5) is 2.45. The summed E-state index contributed by atoms with van der Waals surface area (Å²) in [6.07, 6.45) is 0. The number of hydrogen-bond donors (Lipinski definition) is 0. The zero-order chi connectivity index (χ0) is 34.1. The maximum atomic E-state index is 6.27. The standard InChI is InChI=1S/C49H35NO/c1-49(2)43-18-10-8-16-39(43)40-27-26-37(31-44(40)49)50(36-24-20-33(21-25-36)32-12-4-3-5-13-32)45-28-22-34-14-6-7-15-38(34)48(45)35-23-29-47-42(30-35)41-17-9-11-19-46(41)51-47/h3-31H,1-2H3. The zero-order valence-electron chi connectivity index (χ0n) is 28.6. The van der Waals surface area contributed by atoms with E-state index >= 15 is 0 Å². The predicted octanol–water partition coefficient (Wildman–Crippen LogP) is 13.8. The minimum Gasteiger partial charge on any atom is -0.456 e. The molecule has 1 aliphatic rings. The van der Waals surface area contributed by atoms with Gasteiger partial charge in [-0.1, -0.05) is 141 Å². The molecule has 0 aliphatic heterocycles. The van der Waals surface area contributed by atoms with Gasteiger partial charge in [0.15, 0.2) is 0 Å². The minimum atomic E-state index is -0.121. The molecule has 0 atom stereocenters. The Morgan fingerprint density at radius 1 is 0.431 bits per heavy atom. The van der Waals surface area contributed by atoms with Crippen molar-refractivity contribution in [1.29, 1.82) is 0 Å². The first-order valence-corrected chi connectivity index (χ1v) is 17.7. The SMILES string of the molecule is CC1(C)c2ccccc2-c2ccc(N(c3ccc(-c4ccccc4)cc3)c3ccc4ccccc4c3-c3ccc4oc5ccccc5c4c3)cc21. The second kappa shape index (κ2) is 11.3. The molecule has 0 saturated heterocycles. The molecule has 51 heavy (non-hydrogen) atoms. The van der Waals surface area contributed by atoms with E-state index in [4.69, 9.17) is 4.42 Å². The van der Waals surface area contributed by atoms with Crippen LogP contribution in [0.5, 0.6) is 0 Å². The Kier molecular flexibility index (Phi) is 6.56. The lowest BCUT2D eigenvalue weighted by Gasteiger charge is -2.30. The highest BCUT2D eigenvalue weighted by molar-refractivity contribution is 6.10. The van der Waals surface area contributed by atoms with Crippen LogP contribution in [-0.4, -0.2) is 0 Å². The van der Waals surface area contributed by atoms with Crippen molar-refractivity contribution in [3.8, 4) is 33.4 Å². The number of nitrogens with zero attached hydrogens (tertiary/aromatic N) is 1. The van der Waals surface area contributed by atoms with E-state index in [-0.39, 0.29) is 5.41 Å². The van der Waals surface area contributed by atoms with Crippen LogP contribution in [-0.2, 0) is 5.41 Å². The van der Waals surface area contributed by atoms with E-state index in [2.05, 4.69) is 183 Å². The Hall–Kier alpha value is -6.38. The average Bonchev–Trinajstić information content (AvgIpc) is 3.67. The van der Waals surface area contributed by atoms with E-state index in [1.807, 2.05) is 12.1 Å². The quantitative estimate of drug-likeness (QED) is 0.184. The fraction of sp³-hybridized carbons (Fsp3) is 0.0612. The highest BCUT2D eigenvalue weighted by Gasteiger charge is 2.36. The Labute approximate surface area is 297 Å². The smallest absolute Gasteiger partial charge is 0.135 e. The van der Waals surface area contributed by atoms with Crippen LogP contribution in [0, 0.1) is 0 Å². The van der Waals surface area contributed by atoms with Crippen molar-refractivity contribution in [2.75, 3.05) is 4.90 Å². The lowest BCUT2D eigenvalue weighted by Crippen LogP contribution is -2.17. The molecule has 0 spiro atoms. The van der Waals surface area contributed by atoms with E-state index in [1.165, 1.54) is 49.7 Å². The van der Waals surface area contributed by atoms with Crippen molar-refractivity contribution in [3.05, 3.63) is 187 Å². The fourth-order valence-electron chi connectivity index (χ4n) is 8.32. The predicted molar refractivity (Wildman–Crippen MR) is 214 cm³/mol. The van der Waals surface area contributed by atoms with Gasteiger partial charge in [-0.15, -0.1) is 0 Å². The van der Waals surface area contributed by atoms with Crippen LogP contribution in [0.2, 0.25) is 0 Å². The molecule has 0 saturated carbocycles. The Balaban J connectivity index is 1.23. The lowest BCUT2D eigenvalue weighted by molar-refractivity contribution is 0.660. The van der Waals surface area contributed by atoms with Crippen LogP contribution in [0.3, 0.4) is 0 Å². The summed E-state index contributed by atoms with van der Waals surface area (Å²) in [5.74, 6) is 0. The molecule has 8 aromatic carbocycles. The van der Waals surface area contributed by atoms with Crippen LogP contribution in [0.1, 0.15) is 25.0 Å². The van der Waals surface area contributed by atoms with Crippen LogP contribution in [0.25, 0.3) is 66.1 Å². The average molecular weight is 654 g/mol. The monoisotopic (exact) mass is 653 g/mol. The van der Waals surface area contributed by atoms with Crippen molar-refractivity contribution in [1.82, 2.24) is 0 Å². The molecule has 9 aromatic rings. The topological polar surface area (TPSA) is 16.4 Å². The van der Waals surface area contributed by atoms with Crippen molar-refractivity contribution < 1.29 is 4.42 Å². The van der Waals surface area contributed by atoms with Gasteiger partial charge in [-0.2, -0.15) is 0 Å². The molecule has 1 aromatic heterocycles. The molecule has 10 rings (SSSR count). The molecule has 0 fully saturated rings. The summed E-state index contributed by atoms with van der Waals surface area (Å²) < 4.78 is 6.27. The first-order valence-electron chi connectivity index (χ1n) is 17.7. The van der Waals surface area contributed by atoms with Gasteiger partial charge < -0.3 is 9.32 Å². The number of furan rings is 1. The van der Waals surface area contributed by atoms with Crippen molar-refractivity contribution in [2.24, 2.45) is 0 Å². The molecule has 0 N–H and O–H groups in total. The van der Waals surface area contributed by atoms with E-state index in [9.17, 15) is 0 Å². The molecule has 0 bridgehead atoms. The number of para-hydroxylation sites is 1. The third-order valence-corrected chi connectivity index (χ3v) is 10.9. The van der Waals surface area contributed by atoms with Crippen LogP contribution >= 0.6 is 0 Å². The summed E-state index contributed by atoms with van der Waals surface area (Å²) in [6, 6.07) is 63.8. The fourth-order valence-corrected chi connectivity index (χ4v) is 8.32. The molecule has 1 heterocycles. The van der Waals surface area contributed by atoms with Crippen molar-refractivity contribution >= 4 is 49.8 Å². The zero-order valence-corrected chi connectivity index (χ0v) is 28.6. The van der Waals surface area contributed by atoms with Gasteiger partial charge >= 0.3 is 0 Å². The van der Waals surface area contributed by atoms with E-state index in [0.717, 1.165) is 44.6 Å². The molecule has 2 heteroatoms. The molecule has 0 amide bonds. The first-order chi connectivity index (χ1) is 25.0. The van der Waals surface area contributed by atoms with Gasteiger partial charge in [0.2, 0.25) is 0 Å². The van der Waals surface area contributed by atoms with Crippen molar-refractivity contribution in [2.45, 2.75) is 19.3 Å². The Bertz CT molecular complexity index is 2770. The summed E-state index contributed by atoms with van der Waals surface area (Å²) in [7, 11) is 0. The minimum absolute atomic E-state index is 0.121. The molecule has 2 nitrogen and oxygen atoms in total.